The number of halogens is 1. The maximum atomic E-state index is 11.8. The summed E-state index contributed by atoms with van der Waals surface area (Å²) in [6.07, 6.45) is 0. The second-order valence-corrected chi connectivity index (χ2v) is 8.91. The molecule has 0 aliphatic carbocycles. The predicted molar refractivity (Wildman–Crippen MR) is 148 cm³/mol. The number of aromatic nitrogens is 2. The first kappa shape index (κ1) is 25.6. The minimum absolute atomic E-state index is 0.115. The number of ether oxygens (including phenoxy) is 2. The lowest BCUT2D eigenvalue weighted by Crippen LogP contribution is -2.08. The molecule has 0 radical (unpaired) electrons. The van der Waals surface area contributed by atoms with Gasteiger partial charge in [0.05, 0.1) is 26.7 Å². The molecule has 1 N–H and O–H groups in total. The van der Waals surface area contributed by atoms with Gasteiger partial charge in [0, 0.05) is 24.6 Å². The lowest BCUT2D eigenvalue weighted by Gasteiger charge is -2.14. The summed E-state index contributed by atoms with van der Waals surface area (Å²) in [4.78, 5) is 31.7. The molecule has 0 unspecified atom stereocenters. The van der Waals surface area contributed by atoms with Crippen LogP contribution in [0.1, 0.15) is 12.5 Å². The number of nitro benzene ring substituents is 1. The van der Waals surface area contributed by atoms with E-state index in [9.17, 15) is 14.9 Å². The van der Waals surface area contributed by atoms with Crippen LogP contribution in [0.3, 0.4) is 0 Å². The molecule has 0 bridgehead atoms. The van der Waals surface area contributed by atoms with Crippen LogP contribution in [0.25, 0.3) is 22.3 Å². The van der Waals surface area contributed by atoms with Crippen LogP contribution in [-0.2, 0) is 11.4 Å². The Labute approximate surface area is 228 Å². The van der Waals surface area contributed by atoms with Crippen molar-refractivity contribution in [1.29, 1.82) is 0 Å². The molecular formula is C29H21ClN4O5. The number of amides is 1. The maximum absolute atomic E-state index is 11.8. The van der Waals surface area contributed by atoms with E-state index in [1.165, 1.54) is 25.1 Å². The molecule has 0 aliphatic heterocycles. The van der Waals surface area contributed by atoms with Crippen molar-refractivity contribution in [3.05, 3.63) is 112 Å². The Morgan fingerprint density at radius 2 is 1.64 bits per heavy atom. The van der Waals surface area contributed by atoms with Crippen LogP contribution in [0, 0.1) is 10.1 Å². The fourth-order valence-electron chi connectivity index (χ4n) is 3.87. The van der Waals surface area contributed by atoms with Crippen molar-refractivity contribution in [2.24, 2.45) is 0 Å². The van der Waals surface area contributed by atoms with E-state index in [2.05, 4.69) is 5.32 Å². The van der Waals surface area contributed by atoms with Crippen molar-refractivity contribution in [3.8, 4) is 28.6 Å². The summed E-state index contributed by atoms with van der Waals surface area (Å²) in [6, 6.07) is 26.0. The molecule has 39 heavy (non-hydrogen) atoms. The fourth-order valence-corrected chi connectivity index (χ4v) is 4.08. The highest BCUT2D eigenvalue weighted by Crippen LogP contribution is 2.35. The van der Waals surface area contributed by atoms with Crippen molar-refractivity contribution in [2.75, 3.05) is 5.32 Å². The molecule has 4 aromatic carbocycles. The van der Waals surface area contributed by atoms with E-state index in [0.717, 1.165) is 5.56 Å². The van der Waals surface area contributed by atoms with Gasteiger partial charge in [-0.2, -0.15) is 0 Å². The number of nitrogens with one attached hydrogen (secondary N) is 1. The van der Waals surface area contributed by atoms with E-state index in [1.807, 2.05) is 54.6 Å². The Morgan fingerprint density at radius 1 is 0.949 bits per heavy atom. The summed E-state index contributed by atoms with van der Waals surface area (Å²) in [6.45, 7) is 1.64. The first-order valence-corrected chi connectivity index (χ1v) is 12.2. The number of fused-ring (bicyclic) bond motifs is 1. The SMILES string of the molecule is CC(=O)Nc1ccccc1-c1nc2ccccc2nc1OCc1ccc(Oc2ccc([N+](=O)[O-])cc2Cl)cc1. The van der Waals surface area contributed by atoms with Crippen LogP contribution in [-0.4, -0.2) is 20.8 Å². The van der Waals surface area contributed by atoms with Crippen LogP contribution >= 0.6 is 11.6 Å². The van der Waals surface area contributed by atoms with Gasteiger partial charge in [0.2, 0.25) is 11.8 Å². The number of hydrogen-bond donors (Lipinski definition) is 1. The maximum Gasteiger partial charge on any atom is 0.271 e. The van der Waals surface area contributed by atoms with Gasteiger partial charge in [0.1, 0.15) is 23.8 Å². The summed E-state index contributed by atoms with van der Waals surface area (Å²) in [5.74, 6) is 0.936. The van der Waals surface area contributed by atoms with E-state index in [4.69, 9.17) is 31.0 Å². The summed E-state index contributed by atoms with van der Waals surface area (Å²) in [7, 11) is 0. The summed E-state index contributed by atoms with van der Waals surface area (Å²) >= 11 is 6.13. The Kier molecular flexibility index (Phi) is 7.33. The number of rotatable bonds is 8. The Balaban J connectivity index is 1.38. The zero-order chi connectivity index (χ0) is 27.4. The van der Waals surface area contributed by atoms with E-state index >= 15 is 0 Å². The molecule has 9 nitrogen and oxygen atoms in total. The van der Waals surface area contributed by atoms with Crippen molar-refractivity contribution in [2.45, 2.75) is 13.5 Å². The molecule has 0 saturated heterocycles. The molecule has 0 atom stereocenters. The molecular weight excluding hydrogens is 520 g/mol. The molecule has 5 aromatic rings. The molecule has 1 heterocycles. The average molecular weight is 541 g/mol. The smallest absolute Gasteiger partial charge is 0.271 e. The quantitative estimate of drug-likeness (QED) is 0.163. The molecule has 194 valence electrons. The molecule has 0 aliphatic rings. The van der Waals surface area contributed by atoms with Crippen molar-refractivity contribution in [3.63, 3.8) is 0 Å². The Bertz CT molecular complexity index is 1690. The third-order valence-electron chi connectivity index (χ3n) is 5.68. The highest BCUT2D eigenvalue weighted by atomic mass is 35.5. The fraction of sp³-hybridized carbons (Fsp3) is 0.0690. The first-order chi connectivity index (χ1) is 18.9. The van der Waals surface area contributed by atoms with Crippen molar-refractivity contribution < 1.29 is 19.2 Å². The van der Waals surface area contributed by atoms with Crippen LogP contribution in [0.5, 0.6) is 17.4 Å². The number of non-ortho nitro benzene ring substituents is 1. The van der Waals surface area contributed by atoms with Crippen molar-refractivity contribution in [1.82, 2.24) is 9.97 Å². The van der Waals surface area contributed by atoms with E-state index in [0.29, 0.717) is 45.4 Å². The largest absolute Gasteiger partial charge is 0.471 e. The average Bonchev–Trinajstić information content (AvgIpc) is 2.93. The summed E-state index contributed by atoms with van der Waals surface area (Å²) < 4.78 is 11.9. The van der Waals surface area contributed by atoms with E-state index in [-0.39, 0.29) is 23.2 Å². The summed E-state index contributed by atoms with van der Waals surface area (Å²) in [5.41, 5.74) is 3.89. The molecule has 1 aromatic heterocycles. The number of carbonyl (C=O) groups is 1. The lowest BCUT2D eigenvalue weighted by atomic mass is 10.1. The van der Waals surface area contributed by atoms with Gasteiger partial charge in [0.25, 0.3) is 5.69 Å². The third kappa shape index (κ3) is 5.94. The molecule has 5 rings (SSSR count). The van der Waals surface area contributed by atoms with Crippen LogP contribution in [0.4, 0.5) is 11.4 Å². The van der Waals surface area contributed by atoms with Gasteiger partial charge < -0.3 is 14.8 Å². The van der Waals surface area contributed by atoms with Crippen LogP contribution < -0.4 is 14.8 Å². The zero-order valence-corrected chi connectivity index (χ0v) is 21.4. The zero-order valence-electron chi connectivity index (χ0n) is 20.6. The molecule has 10 heteroatoms. The number of benzene rings is 4. The second-order valence-electron chi connectivity index (χ2n) is 8.50. The van der Waals surface area contributed by atoms with Crippen LogP contribution in [0.2, 0.25) is 5.02 Å². The van der Waals surface area contributed by atoms with Gasteiger partial charge in [-0.1, -0.05) is 54.1 Å². The highest BCUT2D eigenvalue weighted by Gasteiger charge is 2.17. The lowest BCUT2D eigenvalue weighted by molar-refractivity contribution is -0.384. The normalized spacial score (nSPS) is 10.7. The van der Waals surface area contributed by atoms with Gasteiger partial charge in [-0.25, -0.2) is 9.97 Å². The van der Waals surface area contributed by atoms with Crippen LogP contribution in [0.15, 0.2) is 91.0 Å². The second kappa shape index (κ2) is 11.2. The molecule has 0 fully saturated rings. The van der Waals surface area contributed by atoms with Gasteiger partial charge in [-0.05, 0) is 42.0 Å². The van der Waals surface area contributed by atoms with Gasteiger partial charge in [-0.3, -0.25) is 14.9 Å². The monoisotopic (exact) mass is 540 g/mol. The number of anilines is 1. The Morgan fingerprint density at radius 3 is 2.33 bits per heavy atom. The van der Waals surface area contributed by atoms with Gasteiger partial charge in [-0.15, -0.1) is 0 Å². The van der Waals surface area contributed by atoms with E-state index < -0.39 is 4.92 Å². The summed E-state index contributed by atoms with van der Waals surface area (Å²) in [5, 5.41) is 13.9. The molecule has 0 saturated carbocycles. The van der Waals surface area contributed by atoms with Gasteiger partial charge in [0.15, 0.2) is 0 Å². The highest BCUT2D eigenvalue weighted by molar-refractivity contribution is 6.32. The topological polar surface area (TPSA) is 116 Å². The molecule has 1 amide bonds. The van der Waals surface area contributed by atoms with Gasteiger partial charge >= 0.3 is 0 Å². The standard InChI is InChI=1S/C29H21ClN4O5/c1-18(35)31-24-7-3-2-6-22(24)28-29(33-26-9-5-4-8-25(26)32-28)38-17-19-10-13-21(14-11-19)39-27-15-12-20(34(36)37)16-23(27)30/h2-16H,17H2,1H3,(H,31,35). The number of nitro groups is 1. The molecule has 0 spiro atoms. The number of nitrogens with zero attached hydrogens (tertiary/aromatic N) is 3. The number of carbonyl (C=O) groups excluding carboxylic acids is 1. The van der Waals surface area contributed by atoms with Crippen molar-refractivity contribution >= 4 is 39.9 Å². The minimum atomic E-state index is -0.520. The minimum Gasteiger partial charge on any atom is -0.471 e. The number of hydrogen-bond acceptors (Lipinski definition) is 7. The number of para-hydroxylation sites is 3. The van der Waals surface area contributed by atoms with E-state index in [1.54, 1.807) is 18.2 Å². The first-order valence-electron chi connectivity index (χ1n) is 11.8. The predicted octanol–water partition coefficient (Wildman–Crippen LogP) is 7.19. The third-order valence-corrected chi connectivity index (χ3v) is 5.98. The Hall–Kier alpha value is -5.02.